The Hall–Kier alpha value is -1.85. The van der Waals surface area contributed by atoms with E-state index in [1.807, 2.05) is 24.5 Å². The van der Waals surface area contributed by atoms with Crippen molar-refractivity contribution in [2.75, 3.05) is 19.7 Å². The van der Waals surface area contributed by atoms with Crippen LogP contribution in [0.25, 0.3) is 0 Å². The predicted octanol–water partition coefficient (Wildman–Crippen LogP) is 3.15. The number of halogens is 1. The Labute approximate surface area is 141 Å². The predicted molar refractivity (Wildman–Crippen MR) is 89.0 cm³/mol. The molecule has 0 aliphatic carbocycles. The van der Waals surface area contributed by atoms with Crippen LogP contribution in [-0.4, -0.2) is 40.2 Å². The number of hydrogen-bond donors (Lipinski definition) is 0. The summed E-state index contributed by atoms with van der Waals surface area (Å²) >= 11 is 0. The zero-order valence-corrected chi connectivity index (χ0v) is 13.7. The van der Waals surface area contributed by atoms with E-state index in [4.69, 9.17) is 4.74 Å². The molecule has 5 heteroatoms. The maximum absolute atomic E-state index is 13.9. The zero-order valence-electron chi connectivity index (χ0n) is 13.7. The van der Waals surface area contributed by atoms with Crippen molar-refractivity contribution >= 4 is 0 Å². The SMILES string of the molecule is Fc1ccccc1CN1CCCC2(CC(c3cncnc3)CO2)C1. The van der Waals surface area contributed by atoms with Crippen molar-refractivity contribution in [1.29, 1.82) is 0 Å². The van der Waals surface area contributed by atoms with Crippen LogP contribution in [0, 0.1) is 5.82 Å². The second-order valence-corrected chi connectivity index (χ2v) is 6.97. The minimum absolute atomic E-state index is 0.107. The minimum Gasteiger partial charge on any atom is -0.373 e. The average molecular weight is 327 g/mol. The van der Waals surface area contributed by atoms with E-state index in [1.54, 1.807) is 12.4 Å². The number of aromatic nitrogens is 2. The lowest BCUT2D eigenvalue weighted by atomic mass is 9.84. The fourth-order valence-electron chi connectivity index (χ4n) is 4.06. The molecule has 0 amide bonds. The van der Waals surface area contributed by atoms with Crippen molar-refractivity contribution in [2.45, 2.75) is 37.3 Å². The van der Waals surface area contributed by atoms with Crippen molar-refractivity contribution in [3.8, 4) is 0 Å². The highest BCUT2D eigenvalue weighted by atomic mass is 19.1. The van der Waals surface area contributed by atoms with Crippen molar-refractivity contribution in [2.24, 2.45) is 0 Å². The Morgan fingerprint density at radius 2 is 2.08 bits per heavy atom. The Morgan fingerprint density at radius 3 is 2.92 bits per heavy atom. The molecule has 1 aromatic heterocycles. The first kappa shape index (κ1) is 15.7. The van der Waals surface area contributed by atoms with Gasteiger partial charge in [0.1, 0.15) is 12.1 Å². The summed E-state index contributed by atoms with van der Waals surface area (Å²) in [5.74, 6) is 0.239. The fourth-order valence-corrected chi connectivity index (χ4v) is 4.06. The molecule has 2 atom stereocenters. The molecule has 24 heavy (non-hydrogen) atoms. The highest BCUT2D eigenvalue weighted by molar-refractivity contribution is 5.18. The average Bonchev–Trinajstić information content (AvgIpc) is 3.01. The van der Waals surface area contributed by atoms with Crippen LogP contribution in [0.3, 0.4) is 0 Å². The lowest BCUT2D eigenvalue weighted by molar-refractivity contribution is -0.0535. The Morgan fingerprint density at radius 1 is 1.25 bits per heavy atom. The lowest BCUT2D eigenvalue weighted by Crippen LogP contribution is -2.47. The maximum Gasteiger partial charge on any atom is 0.127 e. The molecule has 126 valence electrons. The van der Waals surface area contributed by atoms with Gasteiger partial charge in [0, 0.05) is 37.0 Å². The van der Waals surface area contributed by atoms with E-state index in [0.717, 1.165) is 50.1 Å². The normalized spacial score (nSPS) is 27.6. The highest BCUT2D eigenvalue weighted by Gasteiger charge is 2.43. The number of nitrogens with zero attached hydrogens (tertiary/aromatic N) is 3. The highest BCUT2D eigenvalue weighted by Crippen LogP contribution is 2.41. The third-order valence-electron chi connectivity index (χ3n) is 5.23. The number of rotatable bonds is 3. The second kappa shape index (κ2) is 6.57. The Bertz CT molecular complexity index is 696. The van der Waals surface area contributed by atoms with Crippen molar-refractivity contribution in [3.05, 3.63) is 59.9 Å². The second-order valence-electron chi connectivity index (χ2n) is 6.97. The zero-order chi connectivity index (χ0) is 16.4. The van der Waals surface area contributed by atoms with E-state index in [9.17, 15) is 4.39 Å². The van der Waals surface area contributed by atoms with Gasteiger partial charge in [0.2, 0.25) is 0 Å². The van der Waals surface area contributed by atoms with Crippen LogP contribution < -0.4 is 0 Å². The van der Waals surface area contributed by atoms with Gasteiger partial charge in [-0.25, -0.2) is 14.4 Å². The Balaban J connectivity index is 1.44. The summed E-state index contributed by atoms with van der Waals surface area (Å²) in [5.41, 5.74) is 1.81. The molecule has 2 aliphatic rings. The summed E-state index contributed by atoms with van der Waals surface area (Å²) in [6.45, 7) is 3.24. The first-order chi connectivity index (χ1) is 11.7. The molecule has 2 aromatic rings. The van der Waals surface area contributed by atoms with Gasteiger partial charge >= 0.3 is 0 Å². The van der Waals surface area contributed by atoms with E-state index in [1.165, 1.54) is 6.07 Å². The van der Waals surface area contributed by atoms with Crippen LogP contribution in [0.1, 0.15) is 36.3 Å². The number of likely N-dealkylation sites (tertiary alicyclic amines) is 1. The minimum atomic E-state index is -0.122. The molecule has 2 unspecified atom stereocenters. The van der Waals surface area contributed by atoms with Crippen LogP contribution in [0.4, 0.5) is 4.39 Å². The molecular formula is C19H22FN3O. The Kier molecular flexibility index (Phi) is 4.29. The van der Waals surface area contributed by atoms with E-state index in [0.29, 0.717) is 12.5 Å². The molecule has 1 aromatic carbocycles. The van der Waals surface area contributed by atoms with Crippen molar-refractivity contribution < 1.29 is 9.13 Å². The summed E-state index contributed by atoms with van der Waals surface area (Å²) in [5, 5.41) is 0. The summed E-state index contributed by atoms with van der Waals surface area (Å²) in [6.07, 6.45) is 8.50. The largest absolute Gasteiger partial charge is 0.373 e. The molecule has 1 spiro atoms. The molecular weight excluding hydrogens is 305 g/mol. The van der Waals surface area contributed by atoms with Crippen LogP contribution in [0.2, 0.25) is 0 Å². The van der Waals surface area contributed by atoms with Gasteiger partial charge in [-0.15, -0.1) is 0 Å². The smallest absolute Gasteiger partial charge is 0.127 e. The van der Waals surface area contributed by atoms with E-state index >= 15 is 0 Å². The van der Waals surface area contributed by atoms with Gasteiger partial charge < -0.3 is 4.74 Å². The maximum atomic E-state index is 13.9. The van der Waals surface area contributed by atoms with Gasteiger partial charge in [-0.2, -0.15) is 0 Å². The van der Waals surface area contributed by atoms with Gasteiger partial charge in [-0.1, -0.05) is 18.2 Å². The third-order valence-corrected chi connectivity index (χ3v) is 5.23. The van der Waals surface area contributed by atoms with Crippen LogP contribution >= 0.6 is 0 Å². The standard InChI is InChI=1S/C19H22FN3O/c20-18-5-2-1-4-15(18)11-23-7-3-6-19(13-23)8-16(12-24-19)17-9-21-14-22-10-17/h1-2,4-5,9-10,14,16H,3,6-8,11-13H2. The van der Waals surface area contributed by atoms with Crippen molar-refractivity contribution in [3.63, 3.8) is 0 Å². The number of hydrogen-bond acceptors (Lipinski definition) is 4. The van der Waals surface area contributed by atoms with Crippen molar-refractivity contribution in [1.82, 2.24) is 14.9 Å². The summed E-state index contributed by atoms with van der Waals surface area (Å²) in [7, 11) is 0. The number of benzene rings is 1. The van der Waals surface area contributed by atoms with Crippen LogP contribution in [0.15, 0.2) is 43.0 Å². The molecule has 2 saturated heterocycles. The number of ether oxygens (including phenoxy) is 1. The monoisotopic (exact) mass is 327 g/mol. The first-order valence-corrected chi connectivity index (χ1v) is 8.59. The van der Waals surface area contributed by atoms with Gasteiger partial charge in [-0.3, -0.25) is 4.90 Å². The molecule has 3 heterocycles. The van der Waals surface area contributed by atoms with Gasteiger partial charge in [-0.05, 0) is 37.4 Å². The molecule has 2 aliphatic heterocycles. The van der Waals surface area contributed by atoms with Gasteiger partial charge in [0.15, 0.2) is 0 Å². The van der Waals surface area contributed by atoms with E-state index in [-0.39, 0.29) is 11.4 Å². The van der Waals surface area contributed by atoms with Gasteiger partial charge in [0.25, 0.3) is 0 Å². The quantitative estimate of drug-likeness (QED) is 0.868. The molecule has 4 rings (SSSR count). The molecule has 4 nitrogen and oxygen atoms in total. The summed E-state index contributed by atoms with van der Waals surface area (Å²) in [6, 6.07) is 7.04. The molecule has 0 saturated carbocycles. The summed E-state index contributed by atoms with van der Waals surface area (Å²) in [4.78, 5) is 10.6. The number of piperidine rings is 1. The third kappa shape index (κ3) is 3.19. The van der Waals surface area contributed by atoms with E-state index in [2.05, 4.69) is 14.9 Å². The van der Waals surface area contributed by atoms with Gasteiger partial charge in [0.05, 0.1) is 12.2 Å². The summed E-state index contributed by atoms with van der Waals surface area (Å²) < 4.78 is 20.2. The van der Waals surface area contributed by atoms with Crippen LogP contribution in [-0.2, 0) is 11.3 Å². The molecule has 0 N–H and O–H groups in total. The van der Waals surface area contributed by atoms with Crippen LogP contribution in [0.5, 0.6) is 0 Å². The first-order valence-electron chi connectivity index (χ1n) is 8.59. The molecule has 0 bridgehead atoms. The molecule has 2 fully saturated rings. The lowest BCUT2D eigenvalue weighted by Gasteiger charge is -2.40. The fraction of sp³-hybridized carbons (Fsp3) is 0.474. The molecule has 0 radical (unpaired) electrons. The van der Waals surface area contributed by atoms with E-state index < -0.39 is 0 Å². The topological polar surface area (TPSA) is 38.2 Å².